The lowest BCUT2D eigenvalue weighted by Gasteiger charge is -2.26. The van der Waals surface area contributed by atoms with Crippen LogP contribution in [0.3, 0.4) is 0 Å². The normalized spacial score (nSPS) is 17.7. The third-order valence-corrected chi connectivity index (χ3v) is 3.97. The summed E-state index contributed by atoms with van der Waals surface area (Å²) in [4.78, 5) is 4.14. The van der Waals surface area contributed by atoms with Crippen molar-refractivity contribution in [1.29, 1.82) is 0 Å². The van der Waals surface area contributed by atoms with Crippen LogP contribution in [0.4, 0.5) is 0 Å². The summed E-state index contributed by atoms with van der Waals surface area (Å²) in [5.74, 6) is 0.365. The number of aromatic hydroxyl groups is 1. The maximum Gasteiger partial charge on any atom is 0.115 e. The van der Waals surface area contributed by atoms with Gasteiger partial charge in [-0.05, 0) is 67.1 Å². The zero-order chi connectivity index (χ0) is 13.8. The summed E-state index contributed by atoms with van der Waals surface area (Å²) in [7, 11) is 0. The summed E-state index contributed by atoms with van der Waals surface area (Å²) in [6.45, 7) is 0.936. The molecule has 0 spiro atoms. The van der Waals surface area contributed by atoms with Gasteiger partial charge < -0.3 is 10.4 Å². The van der Waals surface area contributed by atoms with Gasteiger partial charge in [0.1, 0.15) is 5.75 Å². The topological polar surface area (TPSA) is 45.1 Å². The molecule has 0 fully saturated rings. The first kappa shape index (κ1) is 13.1. The number of aryl methyl sites for hydroxylation is 1. The SMILES string of the molecule is Oc1ccc2c(c1)C(NCCc1cccnc1)CCC2. The molecule has 2 N–H and O–H groups in total. The van der Waals surface area contributed by atoms with Gasteiger partial charge in [0.05, 0.1) is 0 Å². The van der Waals surface area contributed by atoms with E-state index >= 15 is 0 Å². The Morgan fingerprint density at radius 2 is 2.25 bits per heavy atom. The van der Waals surface area contributed by atoms with Gasteiger partial charge in [-0.25, -0.2) is 0 Å². The van der Waals surface area contributed by atoms with Gasteiger partial charge in [0.2, 0.25) is 0 Å². The Morgan fingerprint density at radius 3 is 3.10 bits per heavy atom. The first-order valence-electron chi connectivity index (χ1n) is 7.27. The molecule has 1 heterocycles. The van der Waals surface area contributed by atoms with Crippen molar-refractivity contribution in [3.05, 3.63) is 59.4 Å². The summed E-state index contributed by atoms with van der Waals surface area (Å²) >= 11 is 0. The van der Waals surface area contributed by atoms with E-state index in [4.69, 9.17) is 0 Å². The summed E-state index contributed by atoms with van der Waals surface area (Å²) < 4.78 is 0. The Balaban J connectivity index is 1.63. The smallest absolute Gasteiger partial charge is 0.115 e. The Bertz CT molecular complexity index is 568. The second-order valence-corrected chi connectivity index (χ2v) is 5.39. The molecule has 20 heavy (non-hydrogen) atoms. The quantitative estimate of drug-likeness (QED) is 0.896. The maximum atomic E-state index is 9.67. The monoisotopic (exact) mass is 268 g/mol. The van der Waals surface area contributed by atoms with Crippen LogP contribution in [0.5, 0.6) is 5.75 Å². The Kier molecular flexibility index (Phi) is 3.97. The number of aromatic nitrogens is 1. The Hall–Kier alpha value is -1.87. The van der Waals surface area contributed by atoms with Crippen LogP contribution in [-0.2, 0) is 12.8 Å². The van der Waals surface area contributed by atoms with E-state index in [2.05, 4.69) is 22.4 Å². The average Bonchev–Trinajstić information content (AvgIpc) is 2.49. The van der Waals surface area contributed by atoms with Crippen molar-refractivity contribution in [1.82, 2.24) is 10.3 Å². The highest BCUT2D eigenvalue weighted by atomic mass is 16.3. The molecule has 1 aliphatic rings. The standard InChI is InChI=1S/C17H20N2O/c20-15-7-6-14-4-1-5-17(16(14)11-15)19-10-8-13-3-2-9-18-12-13/h2-3,6-7,9,11-12,17,19-20H,1,4-5,8,10H2. The van der Waals surface area contributed by atoms with Gasteiger partial charge >= 0.3 is 0 Å². The van der Waals surface area contributed by atoms with Crippen LogP contribution in [0.2, 0.25) is 0 Å². The zero-order valence-electron chi connectivity index (χ0n) is 11.5. The van der Waals surface area contributed by atoms with Gasteiger partial charge in [-0.15, -0.1) is 0 Å². The average molecular weight is 268 g/mol. The number of phenolic OH excluding ortho intramolecular Hbond substituents is 1. The number of rotatable bonds is 4. The number of hydrogen-bond donors (Lipinski definition) is 2. The molecular weight excluding hydrogens is 248 g/mol. The molecule has 104 valence electrons. The fourth-order valence-corrected chi connectivity index (χ4v) is 2.94. The highest BCUT2D eigenvalue weighted by molar-refractivity contribution is 5.38. The molecule has 0 amide bonds. The molecule has 0 saturated carbocycles. The fraction of sp³-hybridized carbons (Fsp3) is 0.353. The lowest BCUT2D eigenvalue weighted by Crippen LogP contribution is -2.27. The molecule has 1 unspecified atom stereocenters. The minimum absolute atomic E-state index is 0.363. The third kappa shape index (κ3) is 2.99. The van der Waals surface area contributed by atoms with Crippen LogP contribution in [-0.4, -0.2) is 16.6 Å². The lowest BCUT2D eigenvalue weighted by molar-refractivity contribution is 0.448. The fourth-order valence-electron chi connectivity index (χ4n) is 2.94. The van der Waals surface area contributed by atoms with Crippen molar-refractivity contribution < 1.29 is 5.11 Å². The van der Waals surface area contributed by atoms with Crippen molar-refractivity contribution in [3.8, 4) is 5.75 Å². The molecule has 1 aromatic heterocycles. The largest absolute Gasteiger partial charge is 0.508 e. The molecular formula is C17H20N2O. The number of nitrogens with zero attached hydrogens (tertiary/aromatic N) is 1. The first-order chi connectivity index (χ1) is 9.83. The van der Waals surface area contributed by atoms with Crippen molar-refractivity contribution >= 4 is 0 Å². The Morgan fingerprint density at radius 1 is 1.30 bits per heavy atom. The van der Waals surface area contributed by atoms with E-state index in [9.17, 15) is 5.11 Å². The molecule has 3 rings (SSSR count). The lowest BCUT2D eigenvalue weighted by atomic mass is 9.87. The van der Waals surface area contributed by atoms with Crippen LogP contribution in [0, 0.1) is 0 Å². The highest BCUT2D eigenvalue weighted by Gasteiger charge is 2.19. The number of phenols is 1. The minimum Gasteiger partial charge on any atom is -0.508 e. The van der Waals surface area contributed by atoms with Gasteiger partial charge in [-0.2, -0.15) is 0 Å². The first-order valence-corrected chi connectivity index (χ1v) is 7.27. The number of fused-ring (bicyclic) bond motifs is 1. The van der Waals surface area contributed by atoms with E-state index < -0.39 is 0 Å². The highest BCUT2D eigenvalue weighted by Crippen LogP contribution is 2.31. The maximum absolute atomic E-state index is 9.67. The number of benzene rings is 1. The molecule has 1 aliphatic carbocycles. The minimum atomic E-state index is 0.363. The third-order valence-electron chi connectivity index (χ3n) is 3.97. The molecule has 2 aromatic rings. The van der Waals surface area contributed by atoms with Gasteiger partial charge in [0, 0.05) is 18.4 Å². The van der Waals surface area contributed by atoms with Crippen LogP contribution in [0.15, 0.2) is 42.7 Å². The molecule has 0 aliphatic heterocycles. The summed E-state index contributed by atoms with van der Waals surface area (Å²) in [6.07, 6.45) is 8.18. The Labute approximate surface area is 119 Å². The van der Waals surface area contributed by atoms with Crippen molar-refractivity contribution in [3.63, 3.8) is 0 Å². The molecule has 0 bridgehead atoms. The predicted octanol–water partition coefficient (Wildman–Crippen LogP) is 3.00. The summed E-state index contributed by atoms with van der Waals surface area (Å²) in [6, 6.07) is 10.2. The van der Waals surface area contributed by atoms with Crippen LogP contribution < -0.4 is 5.32 Å². The second-order valence-electron chi connectivity index (χ2n) is 5.39. The van der Waals surface area contributed by atoms with Crippen molar-refractivity contribution in [2.24, 2.45) is 0 Å². The van der Waals surface area contributed by atoms with E-state index in [1.54, 1.807) is 12.3 Å². The van der Waals surface area contributed by atoms with Gasteiger partial charge in [-0.1, -0.05) is 12.1 Å². The molecule has 1 aromatic carbocycles. The van der Waals surface area contributed by atoms with E-state index in [1.807, 2.05) is 18.3 Å². The van der Waals surface area contributed by atoms with E-state index in [-0.39, 0.29) is 0 Å². The van der Waals surface area contributed by atoms with Crippen molar-refractivity contribution in [2.75, 3.05) is 6.54 Å². The summed E-state index contributed by atoms with van der Waals surface area (Å²) in [5.41, 5.74) is 3.89. The van der Waals surface area contributed by atoms with Gasteiger partial charge in [0.15, 0.2) is 0 Å². The molecule has 0 saturated heterocycles. The van der Waals surface area contributed by atoms with Gasteiger partial charge in [0.25, 0.3) is 0 Å². The van der Waals surface area contributed by atoms with Crippen LogP contribution in [0.25, 0.3) is 0 Å². The molecule has 3 heteroatoms. The van der Waals surface area contributed by atoms with Crippen LogP contribution >= 0.6 is 0 Å². The van der Waals surface area contributed by atoms with Gasteiger partial charge in [-0.3, -0.25) is 4.98 Å². The molecule has 3 nitrogen and oxygen atoms in total. The summed E-state index contributed by atoms with van der Waals surface area (Å²) in [5, 5.41) is 13.3. The molecule has 1 atom stereocenters. The zero-order valence-corrected chi connectivity index (χ0v) is 11.5. The second kappa shape index (κ2) is 6.06. The molecule has 0 radical (unpaired) electrons. The predicted molar refractivity (Wildman–Crippen MR) is 79.7 cm³/mol. The van der Waals surface area contributed by atoms with E-state index in [0.717, 1.165) is 25.8 Å². The van der Waals surface area contributed by atoms with Crippen molar-refractivity contribution in [2.45, 2.75) is 31.7 Å². The van der Waals surface area contributed by atoms with E-state index in [0.29, 0.717) is 11.8 Å². The number of pyridine rings is 1. The van der Waals surface area contributed by atoms with Crippen LogP contribution in [0.1, 0.15) is 35.6 Å². The van der Waals surface area contributed by atoms with E-state index in [1.165, 1.54) is 23.1 Å². The number of hydrogen-bond acceptors (Lipinski definition) is 3. The number of nitrogens with one attached hydrogen (secondary N) is 1.